The number of cyclic esters (lactones) is 1. The highest BCUT2D eigenvalue weighted by Gasteiger charge is 2.61. The Kier molecular flexibility index (Phi) is 6.55. The van der Waals surface area contributed by atoms with Gasteiger partial charge in [-0.25, -0.2) is 4.79 Å². The van der Waals surface area contributed by atoms with Crippen molar-refractivity contribution in [3.05, 3.63) is 108 Å². The van der Waals surface area contributed by atoms with Crippen LogP contribution in [0.5, 0.6) is 0 Å². The highest BCUT2D eigenvalue weighted by atomic mass is 32.2. The minimum atomic E-state index is -1.28. The van der Waals surface area contributed by atoms with Gasteiger partial charge >= 0.3 is 6.09 Å². The van der Waals surface area contributed by atoms with Crippen molar-refractivity contribution in [2.75, 3.05) is 6.26 Å². The van der Waals surface area contributed by atoms with Gasteiger partial charge in [-0.15, -0.1) is 11.8 Å². The molecule has 3 aromatic carbocycles. The summed E-state index contributed by atoms with van der Waals surface area (Å²) in [4.78, 5) is 15.5. The molecule has 4 rings (SSSR count). The normalized spacial score (nSPS) is 20.4. The Balaban J connectivity index is 1.91. The molecule has 1 aliphatic rings. The van der Waals surface area contributed by atoms with E-state index in [1.165, 1.54) is 11.8 Å². The van der Waals surface area contributed by atoms with E-state index in [1.54, 1.807) is 11.8 Å². The highest BCUT2D eigenvalue weighted by molar-refractivity contribution is 7.99. The Morgan fingerprint density at radius 3 is 1.79 bits per heavy atom. The Labute approximate surface area is 200 Å². The van der Waals surface area contributed by atoms with Crippen molar-refractivity contribution in [1.29, 1.82) is 0 Å². The molecular formula is C28H31NO3S. The molecule has 0 bridgehead atoms. The maximum Gasteiger partial charge on any atom is 0.412 e. The third-order valence-electron chi connectivity index (χ3n) is 6.53. The number of rotatable bonds is 7. The predicted octanol–water partition coefficient (Wildman–Crippen LogP) is 6.00. The summed E-state index contributed by atoms with van der Waals surface area (Å²) in [6.07, 6.45) is 1.51. The van der Waals surface area contributed by atoms with E-state index in [0.29, 0.717) is 0 Å². The first-order valence-corrected chi connectivity index (χ1v) is 12.6. The summed E-state index contributed by atoms with van der Waals surface area (Å²) in [5.41, 5.74) is 0.330. The molecule has 0 aliphatic carbocycles. The van der Waals surface area contributed by atoms with E-state index in [9.17, 15) is 9.90 Å². The van der Waals surface area contributed by atoms with E-state index >= 15 is 0 Å². The van der Waals surface area contributed by atoms with Gasteiger partial charge in [0.15, 0.2) is 5.60 Å². The number of carbonyl (C=O) groups excluding carboxylic acids is 1. The van der Waals surface area contributed by atoms with Crippen molar-refractivity contribution in [2.45, 2.75) is 43.4 Å². The first-order chi connectivity index (χ1) is 15.8. The SMILES string of the molecule is CS[C@H](N1C(=O)OC(c2ccccc2)(c2ccccc2)[C@@H]1C(C)C)[C@](C)(O)c1ccccc1. The zero-order valence-electron chi connectivity index (χ0n) is 19.5. The van der Waals surface area contributed by atoms with Crippen molar-refractivity contribution >= 4 is 17.9 Å². The lowest BCUT2D eigenvalue weighted by atomic mass is 9.75. The lowest BCUT2D eigenvalue weighted by Gasteiger charge is -2.44. The Hall–Kier alpha value is -2.76. The van der Waals surface area contributed by atoms with Gasteiger partial charge in [0.1, 0.15) is 11.0 Å². The molecule has 1 N–H and O–H groups in total. The zero-order chi connectivity index (χ0) is 23.6. The number of amides is 1. The van der Waals surface area contributed by atoms with Gasteiger partial charge < -0.3 is 9.84 Å². The van der Waals surface area contributed by atoms with Crippen molar-refractivity contribution in [1.82, 2.24) is 4.90 Å². The average Bonchev–Trinajstić information content (AvgIpc) is 3.15. The van der Waals surface area contributed by atoms with Crippen LogP contribution in [0.3, 0.4) is 0 Å². The second kappa shape index (κ2) is 9.24. The standard InChI is InChI=1S/C28H31NO3S/c1-20(2)24-28(22-16-10-6-11-17-22,23-18-12-7-13-19-23)32-26(30)29(24)25(33-4)27(3,31)21-14-8-5-9-15-21/h5-20,24-25,31H,1-4H3/t24-,25-,27+/m0/s1. The summed E-state index contributed by atoms with van der Waals surface area (Å²) < 4.78 is 6.38. The molecule has 33 heavy (non-hydrogen) atoms. The van der Waals surface area contributed by atoms with Gasteiger partial charge in [0.25, 0.3) is 0 Å². The van der Waals surface area contributed by atoms with Crippen LogP contribution in [0.25, 0.3) is 0 Å². The van der Waals surface area contributed by atoms with E-state index in [2.05, 4.69) is 13.8 Å². The fraction of sp³-hybridized carbons (Fsp3) is 0.321. The molecular weight excluding hydrogens is 430 g/mol. The molecule has 0 saturated carbocycles. The number of hydrogen-bond donors (Lipinski definition) is 1. The summed E-state index contributed by atoms with van der Waals surface area (Å²) in [6.45, 7) is 5.99. The van der Waals surface area contributed by atoms with Crippen LogP contribution in [0.1, 0.15) is 37.5 Å². The number of hydrogen-bond acceptors (Lipinski definition) is 4. The Morgan fingerprint density at radius 2 is 1.36 bits per heavy atom. The Morgan fingerprint density at radius 1 is 0.909 bits per heavy atom. The maximum absolute atomic E-state index is 13.7. The van der Waals surface area contributed by atoms with Gasteiger partial charge in [0.2, 0.25) is 0 Å². The second-order valence-corrected chi connectivity index (χ2v) is 9.95. The quantitative estimate of drug-likeness (QED) is 0.469. The monoisotopic (exact) mass is 461 g/mol. The topological polar surface area (TPSA) is 49.8 Å². The highest BCUT2D eigenvalue weighted by Crippen LogP contribution is 2.50. The molecule has 1 amide bonds. The lowest BCUT2D eigenvalue weighted by Crippen LogP contribution is -2.55. The molecule has 0 unspecified atom stereocenters. The molecule has 0 aromatic heterocycles. The fourth-order valence-corrected chi connectivity index (χ4v) is 6.16. The molecule has 3 atom stereocenters. The van der Waals surface area contributed by atoms with E-state index in [0.717, 1.165) is 16.7 Å². The first-order valence-electron chi connectivity index (χ1n) is 11.3. The maximum atomic E-state index is 13.7. The van der Waals surface area contributed by atoms with Crippen LogP contribution in [-0.4, -0.2) is 33.8 Å². The summed E-state index contributed by atoms with van der Waals surface area (Å²) in [5.74, 6) is 0.0538. The number of nitrogens with zero attached hydrogens (tertiary/aromatic N) is 1. The predicted molar refractivity (Wildman–Crippen MR) is 134 cm³/mol. The van der Waals surface area contributed by atoms with Crippen molar-refractivity contribution in [3.63, 3.8) is 0 Å². The number of benzene rings is 3. The number of aliphatic hydroxyl groups is 1. The number of thioether (sulfide) groups is 1. The van der Waals surface area contributed by atoms with E-state index < -0.39 is 22.7 Å². The third kappa shape index (κ3) is 3.94. The van der Waals surface area contributed by atoms with Crippen LogP contribution >= 0.6 is 11.8 Å². The average molecular weight is 462 g/mol. The number of carbonyl (C=O) groups is 1. The van der Waals surface area contributed by atoms with E-state index in [1.807, 2.05) is 97.3 Å². The van der Waals surface area contributed by atoms with Crippen molar-refractivity contribution in [3.8, 4) is 0 Å². The van der Waals surface area contributed by atoms with Gasteiger partial charge in [-0.05, 0) is 24.7 Å². The van der Waals surface area contributed by atoms with Crippen LogP contribution < -0.4 is 0 Å². The molecule has 1 heterocycles. The Bertz CT molecular complexity index is 1030. The van der Waals surface area contributed by atoms with Crippen molar-refractivity contribution < 1.29 is 14.6 Å². The second-order valence-electron chi connectivity index (χ2n) is 9.03. The number of ether oxygens (including phenoxy) is 1. The molecule has 1 aliphatic heterocycles. The molecule has 1 saturated heterocycles. The smallest absolute Gasteiger partial charge is 0.412 e. The fourth-order valence-electron chi connectivity index (χ4n) is 5.12. The summed E-state index contributed by atoms with van der Waals surface area (Å²) in [7, 11) is 0. The van der Waals surface area contributed by atoms with Gasteiger partial charge in [-0.3, -0.25) is 4.90 Å². The van der Waals surface area contributed by atoms with Gasteiger partial charge in [0, 0.05) is 11.1 Å². The summed E-state index contributed by atoms with van der Waals surface area (Å²) >= 11 is 1.46. The van der Waals surface area contributed by atoms with Crippen LogP contribution in [0.4, 0.5) is 4.79 Å². The van der Waals surface area contributed by atoms with Gasteiger partial charge in [-0.1, -0.05) is 105 Å². The van der Waals surface area contributed by atoms with Crippen molar-refractivity contribution in [2.24, 2.45) is 5.92 Å². The van der Waals surface area contributed by atoms with Crippen LogP contribution in [0, 0.1) is 5.92 Å². The summed E-state index contributed by atoms with van der Waals surface area (Å²) in [6, 6.07) is 29.1. The molecule has 0 spiro atoms. The van der Waals surface area contributed by atoms with Gasteiger partial charge in [-0.2, -0.15) is 0 Å². The minimum Gasteiger partial charge on any atom is -0.431 e. The third-order valence-corrected chi connectivity index (χ3v) is 7.66. The lowest BCUT2D eigenvalue weighted by molar-refractivity contribution is -0.00443. The molecule has 4 nitrogen and oxygen atoms in total. The molecule has 1 fully saturated rings. The largest absolute Gasteiger partial charge is 0.431 e. The first kappa shape index (κ1) is 23.4. The van der Waals surface area contributed by atoms with E-state index in [4.69, 9.17) is 4.74 Å². The zero-order valence-corrected chi connectivity index (χ0v) is 20.3. The van der Waals surface area contributed by atoms with Crippen LogP contribution in [0.15, 0.2) is 91.0 Å². The van der Waals surface area contributed by atoms with E-state index in [-0.39, 0.29) is 12.0 Å². The minimum absolute atomic E-state index is 0.0538. The molecule has 172 valence electrons. The molecule has 3 aromatic rings. The van der Waals surface area contributed by atoms with Crippen LogP contribution in [0.2, 0.25) is 0 Å². The molecule has 0 radical (unpaired) electrons. The summed E-state index contributed by atoms with van der Waals surface area (Å²) in [5, 5.41) is 11.2. The van der Waals surface area contributed by atoms with Gasteiger partial charge in [0.05, 0.1) is 6.04 Å². The van der Waals surface area contributed by atoms with Crippen LogP contribution in [-0.2, 0) is 15.9 Å². The molecule has 5 heteroatoms.